The number of hydrogen-bond acceptors (Lipinski definition) is 2. The summed E-state index contributed by atoms with van der Waals surface area (Å²) in [5.41, 5.74) is 4.76. The molecule has 4 aromatic carbocycles. The Morgan fingerprint density at radius 2 is 1.03 bits per heavy atom. The van der Waals surface area contributed by atoms with Crippen molar-refractivity contribution in [1.82, 2.24) is 5.32 Å². The van der Waals surface area contributed by atoms with Crippen LogP contribution in [0.1, 0.15) is 28.7 Å². The molecular formula is C29H27NOS. The maximum Gasteiger partial charge on any atom is 0.221 e. The normalized spacial score (nSPS) is 11.1. The van der Waals surface area contributed by atoms with Gasteiger partial charge in [0.2, 0.25) is 5.91 Å². The monoisotopic (exact) mass is 437 g/mol. The van der Waals surface area contributed by atoms with Crippen LogP contribution in [0, 0.1) is 0 Å². The first-order chi connectivity index (χ1) is 15.8. The van der Waals surface area contributed by atoms with Gasteiger partial charge < -0.3 is 5.32 Å². The third-order valence-corrected chi connectivity index (χ3v) is 7.07. The maximum atomic E-state index is 12.6. The van der Waals surface area contributed by atoms with Gasteiger partial charge in [-0.15, -0.1) is 11.8 Å². The predicted molar refractivity (Wildman–Crippen MR) is 135 cm³/mol. The highest BCUT2D eigenvalue weighted by molar-refractivity contribution is 8.00. The first-order valence-corrected chi connectivity index (χ1v) is 11.9. The van der Waals surface area contributed by atoms with Crippen LogP contribution in [-0.2, 0) is 16.1 Å². The number of carbonyl (C=O) groups is 1. The molecule has 0 radical (unpaired) electrons. The molecule has 0 aliphatic heterocycles. The minimum atomic E-state index is -0.385. The first kappa shape index (κ1) is 21.9. The van der Waals surface area contributed by atoms with Crippen LogP contribution in [0.15, 0.2) is 121 Å². The van der Waals surface area contributed by atoms with Gasteiger partial charge in [-0.2, -0.15) is 0 Å². The molecule has 0 aromatic heterocycles. The molecule has 4 aromatic rings. The van der Waals surface area contributed by atoms with Crippen LogP contribution < -0.4 is 5.32 Å². The highest BCUT2D eigenvalue weighted by atomic mass is 32.2. The lowest BCUT2D eigenvalue weighted by Crippen LogP contribution is -2.28. The van der Waals surface area contributed by atoms with Crippen molar-refractivity contribution in [3.63, 3.8) is 0 Å². The van der Waals surface area contributed by atoms with E-state index in [-0.39, 0.29) is 10.7 Å². The SMILES string of the molecule is O=C(CCSC(c1ccccc1)(c1ccccc1)c1ccccc1)NCc1ccccc1. The van der Waals surface area contributed by atoms with E-state index >= 15 is 0 Å². The number of benzene rings is 4. The summed E-state index contributed by atoms with van der Waals surface area (Å²) in [5, 5.41) is 3.05. The van der Waals surface area contributed by atoms with Gasteiger partial charge in [0.1, 0.15) is 0 Å². The number of carbonyl (C=O) groups excluding carboxylic acids is 1. The molecule has 0 saturated carbocycles. The zero-order chi connectivity index (χ0) is 22.1. The average Bonchev–Trinajstić information content (AvgIpc) is 2.88. The number of thioether (sulfide) groups is 1. The van der Waals surface area contributed by atoms with Gasteiger partial charge in [0.15, 0.2) is 0 Å². The summed E-state index contributed by atoms with van der Waals surface area (Å²) in [6.07, 6.45) is 0.464. The molecule has 0 aliphatic carbocycles. The fourth-order valence-electron chi connectivity index (χ4n) is 3.95. The van der Waals surface area contributed by atoms with Crippen LogP contribution in [0.5, 0.6) is 0 Å². The van der Waals surface area contributed by atoms with E-state index < -0.39 is 0 Å². The Hall–Kier alpha value is -3.30. The second kappa shape index (κ2) is 10.8. The van der Waals surface area contributed by atoms with E-state index in [1.165, 1.54) is 16.7 Å². The quantitative estimate of drug-likeness (QED) is 0.306. The van der Waals surface area contributed by atoms with E-state index in [9.17, 15) is 4.79 Å². The lowest BCUT2D eigenvalue weighted by molar-refractivity contribution is -0.120. The maximum absolute atomic E-state index is 12.6. The van der Waals surface area contributed by atoms with Crippen LogP contribution >= 0.6 is 11.8 Å². The van der Waals surface area contributed by atoms with E-state index in [1.54, 1.807) is 0 Å². The lowest BCUT2D eigenvalue weighted by Gasteiger charge is -2.35. The molecule has 0 aliphatic rings. The Balaban J connectivity index is 1.58. The fourth-order valence-corrected chi connectivity index (χ4v) is 5.45. The van der Waals surface area contributed by atoms with Gasteiger partial charge in [-0.1, -0.05) is 121 Å². The van der Waals surface area contributed by atoms with Crippen molar-refractivity contribution in [3.05, 3.63) is 144 Å². The van der Waals surface area contributed by atoms with Crippen LogP contribution in [0.2, 0.25) is 0 Å². The number of amides is 1. The van der Waals surface area contributed by atoms with Gasteiger partial charge in [0.05, 0.1) is 4.75 Å². The van der Waals surface area contributed by atoms with Crippen molar-refractivity contribution in [1.29, 1.82) is 0 Å². The van der Waals surface area contributed by atoms with E-state index in [2.05, 4.69) is 78.1 Å². The molecule has 160 valence electrons. The van der Waals surface area contributed by atoms with E-state index in [4.69, 9.17) is 0 Å². The third kappa shape index (κ3) is 5.12. The second-order valence-electron chi connectivity index (χ2n) is 7.64. The summed E-state index contributed by atoms with van der Waals surface area (Å²) in [6.45, 7) is 0.561. The van der Waals surface area contributed by atoms with Gasteiger partial charge in [0.25, 0.3) is 0 Å². The molecule has 1 amide bonds. The zero-order valence-corrected chi connectivity index (χ0v) is 18.8. The molecule has 0 saturated heterocycles. The van der Waals surface area contributed by atoms with E-state index in [0.717, 1.165) is 5.56 Å². The molecule has 0 atom stereocenters. The Morgan fingerprint density at radius 3 is 1.47 bits per heavy atom. The number of hydrogen-bond donors (Lipinski definition) is 1. The van der Waals surface area contributed by atoms with Crippen molar-refractivity contribution >= 4 is 17.7 Å². The topological polar surface area (TPSA) is 29.1 Å². The number of rotatable bonds is 9. The molecule has 0 spiro atoms. The summed E-state index contributed by atoms with van der Waals surface area (Å²) in [6, 6.07) is 41.8. The molecule has 0 heterocycles. The predicted octanol–water partition coefficient (Wildman–Crippen LogP) is 6.42. The molecule has 0 fully saturated rings. The van der Waals surface area contributed by atoms with Crippen LogP contribution in [0.25, 0.3) is 0 Å². The summed E-state index contributed by atoms with van der Waals surface area (Å²) >= 11 is 1.82. The fraction of sp³-hybridized carbons (Fsp3) is 0.138. The Labute approximate surface area is 194 Å². The Kier molecular flexibility index (Phi) is 7.42. The minimum Gasteiger partial charge on any atom is -0.352 e. The van der Waals surface area contributed by atoms with Crippen molar-refractivity contribution in [3.8, 4) is 0 Å². The Bertz CT molecular complexity index is 1000. The molecule has 1 N–H and O–H groups in total. The summed E-state index contributed by atoms with van der Waals surface area (Å²) in [5.74, 6) is 0.781. The van der Waals surface area contributed by atoms with Crippen LogP contribution in [0.4, 0.5) is 0 Å². The molecule has 32 heavy (non-hydrogen) atoms. The lowest BCUT2D eigenvalue weighted by atomic mass is 9.84. The highest BCUT2D eigenvalue weighted by Gasteiger charge is 2.36. The molecule has 3 heteroatoms. The molecular weight excluding hydrogens is 410 g/mol. The van der Waals surface area contributed by atoms with Gasteiger partial charge in [0, 0.05) is 18.7 Å². The summed E-state index contributed by atoms with van der Waals surface area (Å²) < 4.78 is -0.385. The molecule has 0 bridgehead atoms. The summed E-state index contributed by atoms with van der Waals surface area (Å²) in [4.78, 5) is 12.6. The van der Waals surface area contributed by atoms with Crippen molar-refractivity contribution in [2.75, 3.05) is 5.75 Å². The molecule has 2 nitrogen and oxygen atoms in total. The van der Waals surface area contributed by atoms with Crippen molar-refractivity contribution in [2.45, 2.75) is 17.7 Å². The smallest absolute Gasteiger partial charge is 0.221 e. The van der Waals surface area contributed by atoms with Gasteiger partial charge >= 0.3 is 0 Å². The van der Waals surface area contributed by atoms with Gasteiger partial charge in [-0.05, 0) is 22.3 Å². The van der Waals surface area contributed by atoms with Crippen LogP contribution in [0.3, 0.4) is 0 Å². The number of nitrogens with one attached hydrogen (secondary N) is 1. The Morgan fingerprint density at radius 1 is 0.625 bits per heavy atom. The largest absolute Gasteiger partial charge is 0.352 e. The summed E-state index contributed by atoms with van der Waals surface area (Å²) in [7, 11) is 0. The third-order valence-electron chi connectivity index (χ3n) is 5.52. The van der Waals surface area contributed by atoms with Crippen molar-refractivity contribution < 1.29 is 4.79 Å². The van der Waals surface area contributed by atoms with Gasteiger partial charge in [-0.25, -0.2) is 0 Å². The minimum absolute atomic E-state index is 0.0736. The van der Waals surface area contributed by atoms with E-state index in [0.29, 0.717) is 18.7 Å². The molecule has 4 rings (SSSR count). The zero-order valence-electron chi connectivity index (χ0n) is 18.0. The van der Waals surface area contributed by atoms with Crippen LogP contribution in [-0.4, -0.2) is 11.7 Å². The first-order valence-electron chi connectivity index (χ1n) is 10.9. The van der Waals surface area contributed by atoms with E-state index in [1.807, 2.05) is 60.3 Å². The molecule has 0 unspecified atom stereocenters. The second-order valence-corrected chi connectivity index (χ2v) is 8.95. The average molecular weight is 438 g/mol. The highest BCUT2D eigenvalue weighted by Crippen LogP contribution is 2.48. The van der Waals surface area contributed by atoms with Crippen molar-refractivity contribution in [2.24, 2.45) is 0 Å². The standard InChI is InChI=1S/C29H27NOS/c31-28(30-23-24-13-5-1-6-14-24)21-22-32-29(25-15-7-2-8-16-25,26-17-9-3-10-18-26)27-19-11-4-12-20-27/h1-20H,21-23H2,(H,30,31). The van der Waals surface area contributed by atoms with Gasteiger partial charge in [-0.3, -0.25) is 4.79 Å².